The molecule has 1 saturated carbocycles. The van der Waals surface area contributed by atoms with E-state index in [0.29, 0.717) is 57.2 Å². The summed E-state index contributed by atoms with van der Waals surface area (Å²) in [5.74, 6) is 0.800. The molecule has 138 valence electrons. The lowest BCUT2D eigenvalue weighted by atomic mass is 9.86. The summed E-state index contributed by atoms with van der Waals surface area (Å²) in [5.41, 5.74) is 6.04. The Morgan fingerprint density at radius 1 is 1.12 bits per heavy atom. The van der Waals surface area contributed by atoms with Crippen LogP contribution >= 0.6 is 11.3 Å². The lowest BCUT2D eigenvalue weighted by Crippen LogP contribution is -2.51. The molecule has 1 aliphatic carbocycles. The summed E-state index contributed by atoms with van der Waals surface area (Å²) in [5, 5.41) is 2.72. The van der Waals surface area contributed by atoms with E-state index in [1.54, 1.807) is 0 Å². The smallest absolute Gasteiger partial charge is 0.273 e. The topological polar surface area (TPSA) is 79.5 Å². The third-order valence-corrected chi connectivity index (χ3v) is 6.15. The third kappa shape index (κ3) is 4.79. The van der Waals surface area contributed by atoms with Crippen molar-refractivity contribution in [3.8, 4) is 0 Å². The molecule has 0 aromatic carbocycles. The Labute approximate surface area is 153 Å². The summed E-state index contributed by atoms with van der Waals surface area (Å²) >= 11 is 1.49. The van der Waals surface area contributed by atoms with Crippen molar-refractivity contribution in [1.29, 1.82) is 0 Å². The molecule has 3 rings (SSSR count). The molecule has 2 fully saturated rings. The van der Waals surface area contributed by atoms with E-state index in [4.69, 9.17) is 5.73 Å². The molecule has 1 aromatic rings. The lowest BCUT2D eigenvalue weighted by molar-refractivity contribution is -0.133. The quantitative estimate of drug-likeness (QED) is 0.865. The first-order valence-electron chi connectivity index (χ1n) is 9.39. The first-order valence-corrected chi connectivity index (χ1v) is 10.3. The predicted octanol–water partition coefficient (Wildman–Crippen LogP) is 1.90. The van der Waals surface area contributed by atoms with Gasteiger partial charge in [0.1, 0.15) is 5.69 Å². The molecule has 0 bridgehead atoms. The van der Waals surface area contributed by atoms with Crippen molar-refractivity contribution in [2.45, 2.75) is 44.9 Å². The van der Waals surface area contributed by atoms with Gasteiger partial charge in [0.2, 0.25) is 5.91 Å². The summed E-state index contributed by atoms with van der Waals surface area (Å²) in [6, 6.07) is 0. The van der Waals surface area contributed by atoms with Crippen LogP contribution in [0.15, 0.2) is 5.38 Å². The Bertz CT molecular complexity index is 590. The minimum atomic E-state index is -0.0288. The number of amides is 2. The van der Waals surface area contributed by atoms with Gasteiger partial charge in [-0.3, -0.25) is 9.59 Å². The number of thiazole rings is 1. The van der Waals surface area contributed by atoms with Crippen LogP contribution in [0.25, 0.3) is 0 Å². The van der Waals surface area contributed by atoms with E-state index in [9.17, 15) is 9.59 Å². The van der Waals surface area contributed by atoms with E-state index in [1.807, 2.05) is 15.2 Å². The number of hydrogen-bond acceptors (Lipinski definition) is 5. The molecule has 1 aromatic heterocycles. The van der Waals surface area contributed by atoms with Gasteiger partial charge in [-0.25, -0.2) is 4.98 Å². The van der Waals surface area contributed by atoms with Gasteiger partial charge in [-0.15, -0.1) is 11.3 Å². The molecule has 0 atom stereocenters. The van der Waals surface area contributed by atoms with Gasteiger partial charge in [0.05, 0.1) is 5.01 Å². The van der Waals surface area contributed by atoms with E-state index < -0.39 is 0 Å². The van der Waals surface area contributed by atoms with Gasteiger partial charge in [0, 0.05) is 44.4 Å². The Kier molecular flexibility index (Phi) is 6.42. The van der Waals surface area contributed by atoms with Gasteiger partial charge >= 0.3 is 0 Å². The van der Waals surface area contributed by atoms with Crippen LogP contribution in [0.5, 0.6) is 0 Å². The monoisotopic (exact) mass is 364 g/mol. The lowest BCUT2D eigenvalue weighted by Gasteiger charge is -2.35. The van der Waals surface area contributed by atoms with Gasteiger partial charge in [-0.2, -0.15) is 0 Å². The summed E-state index contributed by atoms with van der Waals surface area (Å²) in [6.45, 7) is 3.01. The zero-order chi connectivity index (χ0) is 17.6. The van der Waals surface area contributed by atoms with E-state index >= 15 is 0 Å². The van der Waals surface area contributed by atoms with Crippen LogP contribution in [0.2, 0.25) is 0 Å². The van der Waals surface area contributed by atoms with Crippen molar-refractivity contribution >= 4 is 23.2 Å². The minimum absolute atomic E-state index is 0.0288. The molecule has 25 heavy (non-hydrogen) atoms. The van der Waals surface area contributed by atoms with Crippen LogP contribution < -0.4 is 5.73 Å². The number of aromatic nitrogens is 1. The Hall–Kier alpha value is -1.47. The average molecular weight is 365 g/mol. The Morgan fingerprint density at radius 3 is 2.48 bits per heavy atom. The van der Waals surface area contributed by atoms with Crippen molar-refractivity contribution in [3.05, 3.63) is 16.1 Å². The summed E-state index contributed by atoms with van der Waals surface area (Å²) in [7, 11) is 0. The SMILES string of the molecule is NCCc1nc(C(=O)N2CCN(C(=O)CC3CCCCC3)CC2)cs1. The van der Waals surface area contributed by atoms with Crippen molar-refractivity contribution in [1.82, 2.24) is 14.8 Å². The number of carbonyl (C=O) groups is 2. The summed E-state index contributed by atoms with van der Waals surface area (Å²) < 4.78 is 0. The van der Waals surface area contributed by atoms with E-state index in [1.165, 1.54) is 43.4 Å². The maximum Gasteiger partial charge on any atom is 0.273 e. The highest BCUT2D eigenvalue weighted by atomic mass is 32.1. The number of nitrogens with two attached hydrogens (primary N) is 1. The normalized spacial score (nSPS) is 19.2. The highest BCUT2D eigenvalue weighted by Crippen LogP contribution is 2.27. The Morgan fingerprint density at radius 2 is 1.80 bits per heavy atom. The molecule has 2 amide bonds. The fraction of sp³-hybridized carbons (Fsp3) is 0.722. The highest BCUT2D eigenvalue weighted by Gasteiger charge is 2.27. The molecule has 0 radical (unpaired) electrons. The summed E-state index contributed by atoms with van der Waals surface area (Å²) in [4.78, 5) is 33.1. The van der Waals surface area contributed by atoms with Gasteiger partial charge in [-0.1, -0.05) is 19.3 Å². The minimum Gasteiger partial charge on any atom is -0.339 e. The standard InChI is InChI=1S/C18H28N4O2S/c19-7-6-16-20-15(13-25-16)18(24)22-10-8-21(9-11-22)17(23)12-14-4-2-1-3-5-14/h13-14H,1-12,19H2. The van der Waals surface area contributed by atoms with E-state index in [2.05, 4.69) is 4.98 Å². The van der Waals surface area contributed by atoms with Crippen LogP contribution in [0.3, 0.4) is 0 Å². The Balaban J connectivity index is 1.47. The zero-order valence-corrected chi connectivity index (χ0v) is 15.6. The van der Waals surface area contributed by atoms with Crippen LogP contribution in [0, 0.1) is 5.92 Å². The number of rotatable bonds is 5. The van der Waals surface area contributed by atoms with Gasteiger partial charge < -0.3 is 15.5 Å². The maximum atomic E-state index is 12.5. The first kappa shape index (κ1) is 18.3. The average Bonchev–Trinajstić information content (AvgIpc) is 3.11. The number of piperazine rings is 1. The molecular weight excluding hydrogens is 336 g/mol. The molecule has 2 N–H and O–H groups in total. The fourth-order valence-corrected chi connectivity index (χ4v) is 4.52. The zero-order valence-electron chi connectivity index (χ0n) is 14.8. The first-order chi connectivity index (χ1) is 12.2. The molecule has 1 aliphatic heterocycles. The van der Waals surface area contributed by atoms with Crippen LogP contribution in [-0.4, -0.2) is 59.3 Å². The van der Waals surface area contributed by atoms with Crippen molar-refractivity contribution in [3.63, 3.8) is 0 Å². The van der Waals surface area contributed by atoms with Crippen molar-refractivity contribution in [2.75, 3.05) is 32.7 Å². The number of carbonyl (C=O) groups excluding carboxylic acids is 2. The second-order valence-electron chi connectivity index (χ2n) is 7.05. The van der Waals surface area contributed by atoms with Gasteiger partial charge in [-0.05, 0) is 25.3 Å². The number of hydrogen-bond donors (Lipinski definition) is 1. The molecule has 2 heterocycles. The fourth-order valence-electron chi connectivity index (χ4n) is 3.74. The molecule has 7 heteroatoms. The van der Waals surface area contributed by atoms with E-state index in [-0.39, 0.29) is 11.8 Å². The van der Waals surface area contributed by atoms with Crippen molar-refractivity contribution in [2.24, 2.45) is 11.7 Å². The van der Waals surface area contributed by atoms with Crippen LogP contribution in [0.1, 0.15) is 54.0 Å². The van der Waals surface area contributed by atoms with Crippen LogP contribution in [-0.2, 0) is 11.2 Å². The molecule has 0 unspecified atom stereocenters. The molecule has 6 nitrogen and oxygen atoms in total. The molecule has 0 spiro atoms. The largest absolute Gasteiger partial charge is 0.339 e. The number of nitrogens with zero attached hydrogens (tertiary/aromatic N) is 3. The highest BCUT2D eigenvalue weighted by molar-refractivity contribution is 7.09. The third-order valence-electron chi connectivity index (χ3n) is 5.24. The molecular formula is C18H28N4O2S. The molecule has 2 aliphatic rings. The van der Waals surface area contributed by atoms with Gasteiger partial charge in [0.25, 0.3) is 5.91 Å². The van der Waals surface area contributed by atoms with Crippen molar-refractivity contribution < 1.29 is 9.59 Å². The second-order valence-corrected chi connectivity index (χ2v) is 7.99. The summed E-state index contributed by atoms with van der Waals surface area (Å²) in [6.07, 6.45) is 7.62. The van der Waals surface area contributed by atoms with Crippen LogP contribution in [0.4, 0.5) is 0 Å². The predicted molar refractivity (Wildman–Crippen MR) is 98.5 cm³/mol. The van der Waals surface area contributed by atoms with E-state index in [0.717, 1.165) is 5.01 Å². The second kappa shape index (κ2) is 8.76. The molecule has 1 saturated heterocycles. The maximum absolute atomic E-state index is 12.5. The van der Waals surface area contributed by atoms with Gasteiger partial charge in [0.15, 0.2) is 0 Å².